The molecular weight excluding hydrogens is 366 g/mol. The maximum atomic E-state index is 11.9. The third kappa shape index (κ3) is 5.72. The normalized spacial score (nSPS) is 11.0. The smallest absolute Gasteiger partial charge is 0.335 e. The molecule has 7 nitrogen and oxygen atoms in total. The van der Waals surface area contributed by atoms with Gasteiger partial charge in [0.1, 0.15) is 0 Å². The highest BCUT2D eigenvalue weighted by Crippen LogP contribution is 2.25. The van der Waals surface area contributed by atoms with E-state index in [1.807, 2.05) is 0 Å². The van der Waals surface area contributed by atoms with Gasteiger partial charge in [-0.2, -0.15) is 0 Å². The molecule has 0 aliphatic rings. The van der Waals surface area contributed by atoms with E-state index in [9.17, 15) is 18.0 Å². The Morgan fingerprint density at radius 1 is 1.38 bits per heavy atom. The highest BCUT2D eigenvalue weighted by molar-refractivity contribution is 9.10. The number of ether oxygens (including phenoxy) is 1. The van der Waals surface area contributed by atoms with Crippen LogP contribution in [0.4, 0.5) is 5.69 Å². The van der Waals surface area contributed by atoms with Crippen molar-refractivity contribution in [1.82, 2.24) is 0 Å². The number of rotatable bonds is 7. The van der Waals surface area contributed by atoms with Crippen molar-refractivity contribution in [1.29, 1.82) is 0 Å². The predicted octanol–water partition coefficient (Wildman–Crippen LogP) is 1.84. The molecule has 2 N–H and O–H groups in total. The van der Waals surface area contributed by atoms with Crippen LogP contribution in [0.2, 0.25) is 0 Å². The SMILES string of the molecule is COC(=O)CCCS(=O)(=O)Nc1cc(C(=O)O)ccc1Br. The van der Waals surface area contributed by atoms with Gasteiger partial charge in [0.15, 0.2) is 0 Å². The van der Waals surface area contributed by atoms with Crippen molar-refractivity contribution in [3.63, 3.8) is 0 Å². The summed E-state index contributed by atoms with van der Waals surface area (Å²) in [5, 5.41) is 8.88. The highest BCUT2D eigenvalue weighted by Gasteiger charge is 2.15. The summed E-state index contributed by atoms with van der Waals surface area (Å²) in [6.45, 7) is 0. The van der Waals surface area contributed by atoms with Crippen molar-refractivity contribution < 1.29 is 27.9 Å². The minimum absolute atomic E-state index is 0.00621. The Balaban J connectivity index is 2.77. The summed E-state index contributed by atoms with van der Waals surface area (Å²) in [5.74, 6) is -1.92. The van der Waals surface area contributed by atoms with Gasteiger partial charge in [-0.3, -0.25) is 9.52 Å². The second kappa shape index (κ2) is 7.41. The van der Waals surface area contributed by atoms with Crippen LogP contribution in [0.3, 0.4) is 0 Å². The Morgan fingerprint density at radius 2 is 2.05 bits per heavy atom. The third-order valence-corrected chi connectivity index (χ3v) is 4.55. The monoisotopic (exact) mass is 379 g/mol. The lowest BCUT2D eigenvalue weighted by Gasteiger charge is -2.10. The van der Waals surface area contributed by atoms with Gasteiger partial charge in [0.05, 0.1) is 24.1 Å². The number of anilines is 1. The minimum atomic E-state index is -3.68. The van der Waals surface area contributed by atoms with E-state index in [1.54, 1.807) is 0 Å². The van der Waals surface area contributed by atoms with E-state index in [-0.39, 0.29) is 29.8 Å². The molecule has 9 heteroatoms. The van der Waals surface area contributed by atoms with Crippen molar-refractivity contribution in [3.05, 3.63) is 28.2 Å². The summed E-state index contributed by atoms with van der Waals surface area (Å²) in [6, 6.07) is 4.00. The maximum Gasteiger partial charge on any atom is 0.335 e. The first-order valence-electron chi connectivity index (χ1n) is 5.85. The summed E-state index contributed by atoms with van der Waals surface area (Å²) < 4.78 is 30.9. The molecule has 0 heterocycles. The topological polar surface area (TPSA) is 110 Å². The average molecular weight is 380 g/mol. The fourth-order valence-corrected chi connectivity index (χ4v) is 3.07. The first-order chi connectivity index (χ1) is 9.75. The molecule has 1 aromatic rings. The quantitative estimate of drug-likeness (QED) is 0.699. The largest absolute Gasteiger partial charge is 0.478 e. The summed E-state index contributed by atoms with van der Waals surface area (Å²) in [4.78, 5) is 21.8. The summed E-state index contributed by atoms with van der Waals surface area (Å²) in [6.07, 6.45) is 0.103. The minimum Gasteiger partial charge on any atom is -0.478 e. The average Bonchev–Trinajstić information content (AvgIpc) is 2.40. The molecule has 0 unspecified atom stereocenters. The Morgan fingerprint density at radius 3 is 2.62 bits per heavy atom. The number of esters is 1. The van der Waals surface area contributed by atoms with Crippen LogP contribution >= 0.6 is 15.9 Å². The van der Waals surface area contributed by atoms with Crippen molar-refractivity contribution in [3.8, 4) is 0 Å². The number of benzene rings is 1. The molecular formula is C12H14BrNO6S. The van der Waals surface area contributed by atoms with Crippen LogP contribution in [-0.2, 0) is 19.6 Å². The molecule has 1 rings (SSSR count). The van der Waals surface area contributed by atoms with Gasteiger partial charge >= 0.3 is 11.9 Å². The number of carbonyl (C=O) groups excluding carboxylic acids is 1. The number of halogens is 1. The molecule has 0 saturated heterocycles. The van der Waals surface area contributed by atoms with Gasteiger partial charge < -0.3 is 9.84 Å². The Kier molecular flexibility index (Phi) is 6.16. The van der Waals surface area contributed by atoms with Gasteiger partial charge in [0.25, 0.3) is 0 Å². The second-order valence-electron chi connectivity index (χ2n) is 4.10. The number of carbonyl (C=O) groups is 2. The molecule has 0 atom stereocenters. The Hall–Kier alpha value is -1.61. The van der Waals surface area contributed by atoms with E-state index in [2.05, 4.69) is 25.4 Å². The lowest BCUT2D eigenvalue weighted by atomic mass is 10.2. The predicted molar refractivity (Wildman–Crippen MR) is 79.8 cm³/mol. The fourth-order valence-electron chi connectivity index (χ4n) is 1.46. The lowest BCUT2D eigenvalue weighted by molar-refractivity contribution is -0.140. The van der Waals surface area contributed by atoms with E-state index in [0.29, 0.717) is 4.47 Å². The van der Waals surface area contributed by atoms with Gasteiger partial charge in [-0.1, -0.05) is 0 Å². The molecule has 0 fully saturated rings. The first kappa shape index (κ1) is 17.4. The van der Waals surface area contributed by atoms with Crippen LogP contribution in [0.1, 0.15) is 23.2 Å². The lowest BCUT2D eigenvalue weighted by Crippen LogP contribution is -2.18. The molecule has 1 aromatic carbocycles. The zero-order valence-corrected chi connectivity index (χ0v) is 13.5. The molecule has 0 aliphatic heterocycles. The molecule has 0 spiro atoms. The number of nitrogens with one attached hydrogen (secondary N) is 1. The fraction of sp³-hybridized carbons (Fsp3) is 0.333. The molecule has 0 aliphatic carbocycles. The molecule has 0 aromatic heterocycles. The van der Waals surface area contributed by atoms with Gasteiger partial charge in [0.2, 0.25) is 10.0 Å². The van der Waals surface area contributed by atoms with Crippen LogP contribution < -0.4 is 4.72 Å². The van der Waals surface area contributed by atoms with E-state index < -0.39 is 22.0 Å². The molecule has 0 bridgehead atoms. The van der Waals surface area contributed by atoms with Crippen LogP contribution in [0.25, 0.3) is 0 Å². The zero-order valence-electron chi connectivity index (χ0n) is 11.1. The van der Waals surface area contributed by atoms with E-state index in [1.165, 1.54) is 25.3 Å². The number of aromatic carboxylic acids is 1. The first-order valence-corrected chi connectivity index (χ1v) is 8.30. The van der Waals surface area contributed by atoms with E-state index in [0.717, 1.165) is 0 Å². The zero-order chi connectivity index (χ0) is 16.0. The summed E-state index contributed by atoms with van der Waals surface area (Å²) in [5.41, 5.74) is 0.0958. The number of hydrogen-bond donors (Lipinski definition) is 2. The number of hydrogen-bond acceptors (Lipinski definition) is 5. The standard InChI is InChI=1S/C12H14BrNO6S/c1-20-11(15)3-2-6-21(18,19)14-10-7-8(12(16)17)4-5-9(10)13/h4-5,7,14H,2-3,6H2,1H3,(H,16,17). The van der Waals surface area contributed by atoms with Crippen molar-refractivity contribution >= 4 is 43.6 Å². The van der Waals surface area contributed by atoms with Gasteiger partial charge in [-0.25, -0.2) is 13.2 Å². The van der Waals surface area contributed by atoms with Crippen LogP contribution in [0.5, 0.6) is 0 Å². The summed E-state index contributed by atoms with van der Waals surface area (Å²) >= 11 is 3.14. The van der Waals surface area contributed by atoms with E-state index >= 15 is 0 Å². The highest BCUT2D eigenvalue weighted by atomic mass is 79.9. The molecule has 0 amide bonds. The van der Waals surface area contributed by atoms with Crippen molar-refractivity contribution in [2.45, 2.75) is 12.8 Å². The van der Waals surface area contributed by atoms with Crippen LogP contribution in [0.15, 0.2) is 22.7 Å². The Bertz CT molecular complexity index is 643. The van der Waals surface area contributed by atoms with E-state index in [4.69, 9.17) is 5.11 Å². The maximum absolute atomic E-state index is 11.9. The van der Waals surface area contributed by atoms with Gasteiger partial charge in [-0.05, 0) is 40.5 Å². The van der Waals surface area contributed by atoms with Crippen molar-refractivity contribution in [2.24, 2.45) is 0 Å². The molecule has 0 radical (unpaired) electrons. The molecule has 0 saturated carbocycles. The van der Waals surface area contributed by atoms with Gasteiger partial charge in [-0.15, -0.1) is 0 Å². The third-order valence-electron chi connectivity index (χ3n) is 2.50. The van der Waals surface area contributed by atoms with Gasteiger partial charge in [0, 0.05) is 10.9 Å². The molecule has 21 heavy (non-hydrogen) atoms. The number of carboxylic acid groups (broad SMARTS) is 1. The van der Waals surface area contributed by atoms with Crippen molar-refractivity contribution in [2.75, 3.05) is 17.6 Å². The van der Waals surface area contributed by atoms with Crippen LogP contribution in [0, 0.1) is 0 Å². The second-order valence-corrected chi connectivity index (χ2v) is 6.80. The number of methoxy groups -OCH3 is 1. The number of carboxylic acids is 1. The molecule has 116 valence electrons. The number of sulfonamides is 1. The Labute approximate surface area is 130 Å². The van der Waals surface area contributed by atoms with Crippen LogP contribution in [-0.4, -0.2) is 38.3 Å². The summed E-state index contributed by atoms with van der Waals surface area (Å²) in [7, 11) is -2.46.